The van der Waals surface area contributed by atoms with E-state index >= 15 is 0 Å². The smallest absolute Gasteiger partial charge is 0.0977 e. The van der Waals surface area contributed by atoms with Gasteiger partial charge in [0.15, 0.2) is 0 Å². The van der Waals surface area contributed by atoms with Crippen molar-refractivity contribution in [2.45, 2.75) is 20.3 Å². The highest BCUT2D eigenvalue weighted by molar-refractivity contribution is 7.73. The molecule has 0 amide bonds. The van der Waals surface area contributed by atoms with Crippen LogP contribution in [0.3, 0.4) is 0 Å². The van der Waals surface area contributed by atoms with Crippen molar-refractivity contribution in [3.05, 3.63) is 50.7 Å². The quantitative estimate of drug-likeness (QED) is 0.671. The van der Waals surface area contributed by atoms with Gasteiger partial charge in [-0.2, -0.15) is 0 Å². The van der Waals surface area contributed by atoms with Crippen LogP contribution in [0.1, 0.15) is 18.1 Å². The Labute approximate surface area is 106 Å². The van der Waals surface area contributed by atoms with Gasteiger partial charge in [0.1, 0.15) is 0 Å². The molecule has 0 saturated heterocycles. The first-order valence-corrected chi connectivity index (χ1v) is 6.68. The Morgan fingerprint density at radius 2 is 1.88 bits per heavy atom. The van der Waals surface area contributed by atoms with Crippen LogP contribution >= 0.6 is 23.6 Å². The second-order valence-electron chi connectivity index (χ2n) is 3.88. The molecule has 1 heterocycles. The molecule has 0 spiro atoms. The van der Waals surface area contributed by atoms with E-state index in [1.165, 1.54) is 22.3 Å². The van der Waals surface area contributed by atoms with Crippen LogP contribution < -0.4 is 0 Å². The normalized spacial score (nSPS) is 10.4. The SMILES string of the molecule is CCc1csc(=S)c(-c2ccc(C)cc2)c1. The molecule has 0 aliphatic rings. The Morgan fingerprint density at radius 1 is 1.19 bits per heavy atom. The summed E-state index contributed by atoms with van der Waals surface area (Å²) in [5, 5.41) is 2.15. The lowest BCUT2D eigenvalue weighted by atomic mass is 10.1. The summed E-state index contributed by atoms with van der Waals surface area (Å²) < 4.78 is 0.973. The Kier molecular flexibility index (Phi) is 3.52. The average Bonchev–Trinajstić information content (AvgIpc) is 2.31. The van der Waals surface area contributed by atoms with Crippen LogP contribution in [0.4, 0.5) is 0 Å². The van der Waals surface area contributed by atoms with E-state index in [9.17, 15) is 0 Å². The topological polar surface area (TPSA) is 0 Å². The fourth-order valence-corrected chi connectivity index (χ4v) is 2.71. The summed E-state index contributed by atoms with van der Waals surface area (Å²) >= 11 is 7.05. The Bertz CT molecular complexity index is 535. The molecule has 16 heavy (non-hydrogen) atoms. The molecule has 2 heteroatoms. The number of aryl methyl sites for hydroxylation is 2. The second-order valence-corrected chi connectivity index (χ2v) is 5.42. The minimum absolute atomic E-state index is 0.973. The summed E-state index contributed by atoms with van der Waals surface area (Å²) in [5.41, 5.74) is 5.06. The average molecular weight is 246 g/mol. The molecular formula is C14H14S2. The molecule has 0 radical (unpaired) electrons. The van der Waals surface area contributed by atoms with E-state index in [0.717, 1.165) is 10.2 Å². The van der Waals surface area contributed by atoms with E-state index in [1.54, 1.807) is 11.3 Å². The molecule has 2 rings (SSSR count). The molecule has 0 fully saturated rings. The fraction of sp³-hybridized carbons (Fsp3) is 0.214. The monoisotopic (exact) mass is 246 g/mol. The zero-order valence-electron chi connectivity index (χ0n) is 9.49. The lowest BCUT2D eigenvalue weighted by molar-refractivity contribution is 1.15. The van der Waals surface area contributed by atoms with Crippen LogP contribution in [0.15, 0.2) is 35.7 Å². The van der Waals surface area contributed by atoms with Crippen molar-refractivity contribution in [2.24, 2.45) is 0 Å². The Balaban J connectivity index is 2.54. The van der Waals surface area contributed by atoms with Crippen LogP contribution in [0.2, 0.25) is 0 Å². The summed E-state index contributed by atoms with van der Waals surface area (Å²) in [6, 6.07) is 10.8. The highest BCUT2D eigenvalue weighted by Crippen LogP contribution is 2.25. The van der Waals surface area contributed by atoms with Gasteiger partial charge in [0.25, 0.3) is 0 Å². The van der Waals surface area contributed by atoms with Gasteiger partial charge in [-0.3, -0.25) is 0 Å². The Morgan fingerprint density at radius 3 is 2.50 bits per heavy atom. The third kappa shape index (κ3) is 2.39. The van der Waals surface area contributed by atoms with Gasteiger partial charge < -0.3 is 0 Å². The van der Waals surface area contributed by atoms with Crippen LogP contribution in [-0.4, -0.2) is 0 Å². The molecule has 0 N–H and O–H groups in total. The molecule has 1 aromatic heterocycles. The number of benzene rings is 1. The van der Waals surface area contributed by atoms with Crippen molar-refractivity contribution in [3.63, 3.8) is 0 Å². The summed E-state index contributed by atoms with van der Waals surface area (Å²) in [6.07, 6.45) is 1.06. The first-order valence-electron chi connectivity index (χ1n) is 5.39. The Hall–Kier alpha value is -0.990. The van der Waals surface area contributed by atoms with Gasteiger partial charge in [0, 0.05) is 5.56 Å². The summed E-state index contributed by atoms with van der Waals surface area (Å²) in [7, 11) is 0. The van der Waals surface area contributed by atoms with Crippen molar-refractivity contribution < 1.29 is 0 Å². The minimum Gasteiger partial charge on any atom is -0.132 e. The van der Waals surface area contributed by atoms with E-state index in [4.69, 9.17) is 12.2 Å². The van der Waals surface area contributed by atoms with Gasteiger partial charge >= 0.3 is 0 Å². The third-order valence-corrected chi connectivity index (χ3v) is 4.00. The maximum atomic E-state index is 5.39. The standard InChI is InChI=1S/C14H14S2/c1-3-11-8-13(14(15)16-9-11)12-6-4-10(2)5-7-12/h4-9H,3H2,1-2H3. The summed E-state index contributed by atoms with van der Waals surface area (Å²) in [5.74, 6) is 0. The van der Waals surface area contributed by atoms with E-state index in [-0.39, 0.29) is 0 Å². The van der Waals surface area contributed by atoms with Gasteiger partial charge in [0.05, 0.1) is 3.82 Å². The van der Waals surface area contributed by atoms with E-state index in [0.29, 0.717) is 0 Å². The van der Waals surface area contributed by atoms with Gasteiger partial charge in [-0.05, 0) is 35.9 Å². The summed E-state index contributed by atoms with van der Waals surface area (Å²) in [6.45, 7) is 4.27. The second kappa shape index (κ2) is 4.89. The highest BCUT2D eigenvalue weighted by atomic mass is 32.1. The van der Waals surface area contributed by atoms with E-state index in [2.05, 4.69) is 49.6 Å². The molecule has 0 aliphatic carbocycles. The number of hydrogen-bond donors (Lipinski definition) is 0. The molecule has 82 valence electrons. The number of hydrogen-bond acceptors (Lipinski definition) is 2. The first-order chi connectivity index (χ1) is 7.70. The van der Waals surface area contributed by atoms with Crippen molar-refractivity contribution >= 4 is 23.6 Å². The maximum absolute atomic E-state index is 5.39. The van der Waals surface area contributed by atoms with E-state index < -0.39 is 0 Å². The zero-order valence-corrected chi connectivity index (χ0v) is 11.1. The van der Waals surface area contributed by atoms with Crippen molar-refractivity contribution in [3.8, 4) is 11.1 Å². The lowest BCUT2D eigenvalue weighted by Crippen LogP contribution is -1.83. The molecule has 2 aromatic rings. The van der Waals surface area contributed by atoms with Gasteiger partial charge in [0.2, 0.25) is 0 Å². The first kappa shape index (κ1) is 11.5. The predicted molar refractivity (Wildman–Crippen MR) is 74.7 cm³/mol. The lowest BCUT2D eigenvalue weighted by Gasteiger charge is -2.04. The number of rotatable bonds is 2. The predicted octanol–water partition coefficient (Wildman–Crippen LogP) is 5.02. The summed E-state index contributed by atoms with van der Waals surface area (Å²) in [4.78, 5) is 0. The largest absolute Gasteiger partial charge is 0.132 e. The minimum atomic E-state index is 0.973. The molecular weight excluding hydrogens is 232 g/mol. The molecule has 0 saturated carbocycles. The zero-order chi connectivity index (χ0) is 11.5. The van der Waals surface area contributed by atoms with Crippen LogP contribution in [-0.2, 0) is 6.42 Å². The van der Waals surface area contributed by atoms with Crippen LogP contribution in [0, 0.1) is 10.7 Å². The molecule has 0 unspecified atom stereocenters. The van der Waals surface area contributed by atoms with Gasteiger partial charge in [-0.15, -0.1) is 11.3 Å². The van der Waals surface area contributed by atoms with Crippen molar-refractivity contribution in [2.75, 3.05) is 0 Å². The highest BCUT2D eigenvalue weighted by Gasteiger charge is 2.01. The van der Waals surface area contributed by atoms with Gasteiger partial charge in [-0.1, -0.05) is 49.0 Å². The molecule has 0 aliphatic heterocycles. The maximum Gasteiger partial charge on any atom is 0.0977 e. The third-order valence-electron chi connectivity index (χ3n) is 2.64. The van der Waals surface area contributed by atoms with Gasteiger partial charge in [-0.25, -0.2) is 0 Å². The van der Waals surface area contributed by atoms with Crippen molar-refractivity contribution in [1.82, 2.24) is 0 Å². The van der Waals surface area contributed by atoms with Crippen LogP contribution in [0.25, 0.3) is 11.1 Å². The van der Waals surface area contributed by atoms with E-state index in [1.807, 2.05) is 0 Å². The molecule has 0 atom stereocenters. The molecule has 0 bridgehead atoms. The van der Waals surface area contributed by atoms with Crippen molar-refractivity contribution in [1.29, 1.82) is 0 Å². The molecule has 0 nitrogen and oxygen atoms in total. The fourth-order valence-electron chi connectivity index (χ4n) is 1.59. The van der Waals surface area contributed by atoms with Crippen LogP contribution in [0.5, 0.6) is 0 Å². The molecule has 1 aromatic carbocycles.